The molecule has 0 saturated carbocycles. The zero-order valence-electron chi connectivity index (χ0n) is 13.8. The lowest BCUT2D eigenvalue weighted by atomic mass is 9.98. The highest BCUT2D eigenvalue weighted by Crippen LogP contribution is 2.29. The Hall–Kier alpha value is -2.64. The van der Waals surface area contributed by atoms with Gasteiger partial charge in [0.25, 0.3) is 5.56 Å². The van der Waals surface area contributed by atoms with Crippen molar-refractivity contribution in [1.29, 1.82) is 0 Å². The maximum absolute atomic E-state index is 11.9. The van der Waals surface area contributed by atoms with Crippen molar-refractivity contribution in [2.24, 2.45) is 0 Å². The Morgan fingerprint density at radius 2 is 1.77 bits per heavy atom. The van der Waals surface area contributed by atoms with Gasteiger partial charge in [0.15, 0.2) is 9.84 Å². The van der Waals surface area contributed by atoms with Crippen molar-refractivity contribution in [3.8, 4) is 0 Å². The number of nitrogens with zero attached hydrogens (tertiary/aromatic N) is 1. The molecule has 3 aromatic rings. The first kappa shape index (κ1) is 18.2. The normalized spacial score (nSPS) is 12.5. The van der Waals surface area contributed by atoms with E-state index >= 15 is 0 Å². The summed E-state index contributed by atoms with van der Waals surface area (Å²) in [6.45, 7) is 0. The molecule has 0 saturated heterocycles. The molecular formula is C18H16ClN3O3S. The Morgan fingerprint density at radius 1 is 1.08 bits per heavy atom. The third-order valence-electron chi connectivity index (χ3n) is 3.85. The fourth-order valence-electron chi connectivity index (χ4n) is 2.57. The van der Waals surface area contributed by atoms with Crippen LogP contribution in [-0.4, -0.2) is 24.9 Å². The second-order valence-corrected chi connectivity index (χ2v) is 8.15. The van der Waals surface area contributed by atoms with E-state index < -0.39 is 21.4 Å². The Balaban J connectivity index is 2.11. The van der Waals surface area contributed by atoms with Crippen LogP contribution in [-0.2, 0) is 9.84 Å². The minimum Gasteiger partial charge on any atom is -0.371 e. The predicted molar refractivity (Wildman–Crippen MR) is 101 cm³/mol. The summed E-state index contributed by atoms with van der Waals surface area (Å²) in [5.74, 6) is 0. The fourth-order valence-corrected chi connectivity index (χ4v) is 3.39. The van der Waals surface area contributed by atoms with Crippen LogP contribution in [0.1, 0.15) is 17.2 Å². The number of halogens is 1. The Kier molecular flexibility index (Phi) is 5.11. The van der Waals surface area contributed by atoms with Gasteiger partial charge < -0.3 is 5.32 Å². The van der Waals surface area contributed by atoms with Gasteiger partial charge in [-0.05, 0) is 23.3 Å². The van der Waals surface area contributed by atoms with E-state index in [9.17, 15) is 13.2 Å². The van der Waals surface area contributed by atoms with Crippen LogP contribution < -0.4 is 10.9 Å². The summed E-state index contributed by atoms with van der Waals surface area (Å²) in [6, 6.07) is 15.7. The van der Waals surface area contributed by atoms with E-state index in [0.29, 0.717) is 5.69 Å². The van der Waals surface area contributed by atoms with E-state index in [4.69, 9.17) is 11.6 Å². The second-order valence-electron chi connectivity index (χ2n) is 5.76. The molecule has 2 N–H and O–H groups in total. The first-order chi connectivity index (χ1) is 12.4. The van der Waals surface area contributed by atoms with Crippen LogP contribution in [0.5, 0.6) is 0 Å². The maximum atomic E-state index is 11.9. The van der Waals surface area contributed by atoms with Crippen LogP contribution in [0.15, 0.2) is 70.5 Å². The summed E-state index contributed by atoms with van der Waals surface area (Å²) in [5.41, 5.74) is 1.45. The van der Waals surface area contributed by atoms with Gasteiger partial charge in [-0.2, -0.15) is 5.10 Å². The molecule has 0 spiro atoms. The summed E-state index contributed by atoms with van der Waals surface area (Å²) in [6.07, 6.45) is 2.58. The number of benzene rings is 2. The molecule has 2 aromatic carbocycles. The SMILES string of the molecule is CS(=O)(=O)c1cccc(C(Nc2cn[nH]c(=O)c2Cl)c2ccccc2)c1. The lowest BCUT2D eigenvalue weighted by Gasteiger charge is -2.21. The number of aromatic nitrogens is 2. The van der Waals surface area contributed by atoms with Crippen molar-refractivity contribution in [2.75, 3.05) is 11.6 Å². The van der Waals surface area contributed by atoms with Crippen molar-refractivity contribution in [1.82, 2.24) is 10.2 Å². The van der Waals surface area contributed by atoms with Crippen molar-refractivity contribution in [3.63, 3.8) is 0 Å². The smallest absolute Gasteiger partial charge is 0.285 e. The molecule has 0 fully saturated rings. The molecule has 1 aromatic heterocycles. The van der Waals surface area contributed by atoms with Crippen molar-refractivity contribution in [3.05, 3.63) is 87.3 Å². The molecule has 8 heteroatoms. The van der Waals surface area contributed by atoms with Gasteiger partial charge in [-0.3, -0.25) is 4.79 Å². The molecule has 1 heterocycles. The quantitative estimate of drug-likeness (QED) is 0.699. The van der Waals surface area contributed by atoms with Crippen LogP contribution in [0.2, 0.25) is 5.02 Å². The monoisotopic (exact) mass is 389 g/mol. The van der Waals surface area contributed by atoms with E-state index in [1.165, 1.54) is 6.20 Å². The van der Waals surface area contributed by atoms with E-state index in [1.54, 1.807) is 18.2 Å². The summed E-state index contributed by atoms with van der Waals surface area (Å²) in [4.78, 5) is 11.9. The van der Waals surface area contributed by atoms with Crippen LogP contribution in [0.3, 0.4) is 0 Å². The molecule has 0 radical (unpaired) electrons. The topological polar surface area (TPSA) is 91.9 Å². The Morgan fingerprint density at radius 3 is 2.46 bits per heavy atom. The molecule has 0 amide bonds. The Bertz CT molecular complexity index is 1080. The lowest BCUT2D eigenvalue weighted by Crippen LogP contribution is -2.17. The Labute approximate surface area is 155 Å². The number of hydrogen-bond acceptors (Lipinski definition) is 5. The van der Waals surface area contributed by atoms with E-state index in [-0.39, 0.29) is 9.92 Å². The molecule has 0 aliphatic carbocycles. The van der Waals surface area contributed by atoms with Gasteiger partial charge in [-0.25, -0.2) is 13.5 Å². The van der Waals surface area contributed by atoms with E-state index in [0.717, 1.165) is 17.4 Å². The average Bonchev–Trinajstić information content (AvgIpc) is 2.63. The molecule has 0 aliphatic heterocycles. The molecule has 3 rings (SSSR count). The molecule has 1 unspecified atom stereocenters. The first-order valence-electron chi connectivity index (χ1n) is 7.71. The van der Waals surface area contributed by atoms with Crippen LogP contribution in [0.4, 0.5) is 5.69 Å². The highest BCUT2D eigenvalue weighted by molar-refractivity contribution is 7.90. The minimum atomic E-state index is -3.35. The fraction of sp³-hybridized carbons (Fsp3) is 0.111. The molecule has 1 atom stereocenters. The predicted octanol–water partition coefficient (Wildman–Crippen LogP) is 3.03. The molecular weight excluding hydrogens is 374 g/mol. The summed E-state index contributed by atoms with van der Waals surface area (Å²) >= 11 is 6.07. The van der Waals surface area contributed by atoms with Crippen molar-refractivity contribution >= 4 is 27.1 Å². The molecule has 134 valence electrons. The number of nitrogens with one attached hydrogen (secondary N) is 2. The second kappa shape index (κ2) is 7.31. The van der Waals surface area contributed by atoms with Gasteiger partial charge in [0.05, 0.1) is 22.8 Å². The third-order valence-corrected chi connectivity index (χ3v) is 5.33. The van der Waals surface area contributed by atoms with E-state index in [1.807, 2.05) is 36.4 Å². The average molecular weight is 390 g/mol. The van der Waals surface area contributed by atoms with Gasteiger partial charge >= 0.3 is 0 Å². The highest BCUT2D eigenvalue weighted by Gasteiger charge is 2.18. The standard InChI is InChI=1S/C18H16ClN3O3S/c1-26(24,25)14-9-5-8-13(10-14)17(12-6-3-2-4-7-12)21-15-11-20-22-18(23)16(15)19/h2-11,17H,1H3,(H2,21,22,23). The third kappa shape index (κ3) is 3.95. The van der Waals surface area contributed by atoms with Crippen LogP contribution >= 0.6 is 11.6 Å². The van der Waals surface area contributed by atoms with Gasteiger partial charge in [0.2, 0.25) is 0 Å². The summed E-state index contributed by atoms with van der Waals surface area (Å²) in [7, 11) is -3.35. The van der Waals surface area contributed by atoms with Crippen molar-refractivity contribution in [2.45, 2.75) is 10.9 Å². The number of H-pyrrole nitrogens is 1. The molecule has 6 nitrogen and oxygen atoms in total. The number of hydrogen-bond donors (Lipinski definition) is 2. The summed E-state index contributed by atoms with van der Waals surface area (Å²) < 4.78 is 23.8. The number of anilines is 1. The summed E-state index contributed by atoms with van der Waals surface area (Å²) in [5, 5.41) is 9.20. The molecule has 0 aliphatic rings. The minimum absolute atomic E-state index is 0.0137. The van der Waals surface area contributed by atoms with Crippen LogP contribution in [0, 0.1) is 0 Å². The van der Waals surface area contributed by atoms with Gasteiger partial charge in [0.1, 0.15) is 5.02 Å². The maximum Gasteiger partial charge on any atom is 0.285 e. The van der Waals surface area contributed by atoms with Crippen molar-refractivity contribution < 1.29 is 8.42 Å². The molecule has 26 heavy (non-hydrogen) atoms. The lowest BCUT2D eigenvalue weighted by molar-refractivity contribution is 0.601. The number of sulfone groups is 1. The van der Waals surface area contributed by atoms with E-state index in [2.05, 4.69) is 15.5 Å². The zero-order valence-corrected chi connectivity index (χ0v) is 15.4. The number of rotatable bonds is 5. The highest BCUT2D eigenvalue weighted by atomic mass is 35.5. The zero-order chi connectivity index (χ0) is 18.7. The largest absolute Gasteiger partial charge is 0.371 e. The first-order valence-corrected chi connectivity index (χ1v) is 9.98. The number of aromatic amines is 1. The van der Waals surface area contributed by atoms with Gasteiger partial charge in [-0.1, -0.05) is 54.1 Å². The molecule has 0 bridgehead atoms. The van der Waals surface area contributed by atoms with Gasteiger partial charge in [0, 0.05) is 6.26 Å². The van der Waals surface area contributed by atoms with Crippen LogP contribution in [0.25, 0.3) is 0 Å². The van der Waals surface area contributed by atoms with Gasteiger partial charge in [-0.15, -0.1) is 0 Å².